The van der Waals surface area contributed by atoms with E-state index in [9.17, 15) is 19.1 Å². The number of carboxylic acid groups (broad SMARTS) is 1. The number of likely N-dealkylation sites (tertiary alicyclic amines) is 1. The van der Waals surface area contributed by atoms with Gasteiger partial charge in [-0.15, -0.1) is 0 Å². The van der Waals surface area contributed by atoms with Crippen LogP contribution >= 0.6 is 0 Å². The molecule has 3 N–H and O–H groups in total. The summed E-state index contributed by atoms with van der Waals surface area (Å²) in [6, 6.07) is 5.40. The highest BCUT2D eigenvalue weighted by Gasteiger charge is 2.30. The summed E-state index contributed by atoms with van der Waals surface area (Å²) < 4.78 is 12.9. The number of carbonyl (C=O) groups is 2. The van der Waals surface area contributed by atoms with Crippen molar-refractivity contribution in [3.05, 3.63) is 35.6 Å². The predicted molar refractivity (Wildman–Crippen MR) is 86.0 cm³/mol. The lowest BCUT2D eigenvalue weighted by atomic mass is 10.0. The Labute approximate surface area is 140 Å². The Bertz CT molecular complexity index is 564. The van der Waals surface area contributed by atoms with E-state index in [1.54, 1.807) is 17.0 Å². The van der Waals surface area contributed by atoms with E-state index >= 15 is 0 Å². The monoisotopic (exact) mass is 338 g/mol. The van der Waals surface area contributed by atoms with Gasteiger partial charge in [0.05, 0.1) is 6.10 Å². The summed E-state index contributed by atoms with van der Waals surface area (Å²) >= 11 is 0. The van der Waals surface area contributed by atoms with Gasteiger partial charge in [0.1, 0.15) is 5.82 Å². The molecular weight excluding hydrogens is 315 g/mol. The van der Waals surface area contributed by atoms with Crippen molar-refractivity contribution in [2.24, 2.45) is 0 Å². The van der Waals surface area contributed by atoms with Crippen LogP contribution in [0.2, 0.25) is 0 Å². The topological polar surface area (TPSA) is 89.9 Å². The van der Waals surface area contributed by atoms with Crippen LogP contribution in [0.1, 0.15) is 43.8 Å². The number of carbonyl (C=O) groups excluding carboxylic acids is 1. The van der Waals surface area contributed by atoms with Gasteiger partial charge in [-0.05, 0) is 43.4 Å². The molecule has 0 radical (unpaired) electrons. The molecule has 2 unspecified atom stereocenters. The molecule has 1 fully saturated rings. The predicted octanol–water partition coefficient (Wildman–Crippen LogP) is 2.29. The number of nitrogens with zero attached hydrogens (tertiary/aromatic N) is 1. The van der Waals surface area contributed by atoms with E-state index in [-0.39, 0.29) is 24.3 Å². The number of rotatable bonds is 7. The second kappa shape index (κ2) is 8.63. The van der Waals surface area contributed by atoms with Crippen molar-refractivity contribution in [1.82, 2.24) is 10.2 Å². The van der Waals surface area contributed by atoms with Crippen molar-refractivity contribution >= 4 is 12.0 Å². The Balaban J connectivity index is 1.84. The minimum absolute atomic E-state index is 0.0208. The third kappa shape index (κ3) is 5.19. The zero-order valence-electron chi connectivity index (χ0n) is 13.4. The van der Waals surface area contributed by atoms with Gasteiger partial charge in [0, 0.05) is 25.6 Å². The quantitative estimate of drug-likeness (QED) is 0.666. The molecule has 0 bridgehead atoms. The number of halogens is 1. The molecule has 1 heterocycles. The average molecular weight is 338 g/mol. The van der Waals surface area contributed by atoms with Crippen LogP contribution < -0.4 is 5.32 Å². The smallest absolute Gasteiger partial charge is 0.317 e. The minimum Gasteiger partial charge on any atom is -0.481 e. The molecule has 1 aromatic carbocycles. The Morgan fingerprint density at radius 3 is 2.71 bits per heavy atom. The number of urea groups is 1. The van der Waals surface area contributed by atoms with Crippen molar-refractivity contribution in [3.8, 4) is 0 Å². The molecule has 6 nitrogen and oxygen atoms in total. The van der Waals surface area contributed by atoms with Crippen LogP contribution in [0.3, 0.4) is 0 Å². The van der Waals surface area contributed by atoms with Crippen molar-refractivity contribution < 1.29 is 24.2 Å². The molecule has 1 aliphatic heterocycles. The Hall–Kier alpha value is -2.15. The van der Waals surface area contributed by atoms with Gasteiger partial charge in [-0.25, -0.2) is 9.18 Å². The van der Waals surface area contributed by atoms with Gasteiger partial charge in [-0.1, -0.05) is 12.1 Å². The number of amides is 2. The first-order chi connectivity index (χ1) is 11.5. The fraction of sp³-hybridized carbons (Fsp3) is 0.529. The fourth-order valence-electron chi connectivity index (χ4n) is 2.96. The van der Waals surface area contributed by atoms with E-state index in [0.29, 0.717) is 31.5 Å². The lowest BCUT2D eigenvalue weighted by molar-refractivity contribution is -0.137. The maximum absolute atomic E-state index is 12.9. The van der Waals surface area contributed by atoms with Crippen LogP contribution in [0, 0.1) is 5.82 Å². The Morgan fingerprint density at radius 1 is 1.33 bits per heavy atom. The van der Waals surface area contributed by atoms with Crippen LogP contribution in [0.15, 0.2) is 24.3 Å². The Kier molecular flexibility index (Phi) is 6.54. The first-order valence-electron chi connectivity index (χ1n) is 8.17. The van der Waals surface area contributed by atoms with Crippen LogP contribution in [0.4, 0.5) is 9.18 Å². The number of aliphatic hydroxyl groups is 1. The highest BCUT2D eigenvalue weighted by Crippen LogP contribution is 2.27. The molecule has 2 rings (SSSR count). The van der Waals surface area contributed by atoms with Crippen molar-refractivity contribution in [2.45, 2.75) is 44.2 Å². The summed E-state index contributed by atoms with van der Waals surface area (Å²) in [6.07, 6.45) is 1.72. The van der Waals surface area contributed by atoms with E-state index in [2.05, 4.69) is 5.32 Å². The molecule has 1 aliphatic rings. The molecule has 0 saturated carbocycles. The summed E-state index contributed by atoms with van der Waals surface area (Å²) in [5.41, 5.74) is 0.630. The largest absolute Gasteiger partial charge is 0.481 e. The van der Waals surface area contributed by atoms with E-state index in [1.165, 1.54) is 12.1 Å². The SMILES string of the molecule is O=C(O)CCCNC(=O)N1CCCC1CC(O)c1ccc(F)cc1. The fourth-order valence-corrected chi connectivity index (χ4v) is 2.96. The average Bonchev–Trinajstić information content (AvgIpc) is 3.00. The van der Waals surface area contributed by atoms with E-state index in [4.69, 9.17) is 5.11 Å². The first-order valence-corrected chi connectivity index (χ1v) is 8.17. The number of aliphatic carboxylic acids is 1. The second-order valence-electron chi connectivity index (χ2n) is 6.02. The van der Waals surface area contributed by atoms with Gasteiger partial charge in [0.2, 0.25) is 0 Å². The van der Waals surface area contributed by atoms with Crippen LogP contribution in [-0.4, -0.2) is 46.2 Å². The van der Waals surface area contributed by atoms with Crippen molar-refractivity contribution in [3.63, 3.8) is 0 Å². The van der Waals surface area contributed by atoms with E-state index in [1.807, 2.05) is 0 Å². The number of carboxylic acids is 1. The molecule has 132 valence electrons. The highest BCUT2D eigenvalue weighted by atomic mass is 19.1. The number of nitrogens with one attached hydrogen (secondary N) is 1. The molecule has 2 amide bonds. The standard InChI is InChI=1S/C17H23FN2O4/c18-13-7-5-12(6-8-13)15(21)11-14-3-2-10-20(14)17(24)19-9-1-4-16(22)23/h5-8,14-15,21H,1-4,9-11H2,(H,19,24)(H,22,23). The third-order valence-electron chi connectivity index (χ3n) is 4.23. The molecule has 1 saturated heterocycles. The van der Waals surface area contributed by atoms with Crippen LogP contribution in [0.25, 0.3) is 0 Å². The first kappa shape index (κ1) is 18.2. The van der Waals surface area contributed by atoms with Gasteiger partial charge in [-0.3, -0.25) is 4.79 Å². The second-order valence-corrected chi connectivity index (χ2v) is 6.02. The third-order valence-corrected chi connectivity index (χ3v) is 4.23. The minimum atomic E-state index is -0.884. The lowest BCUT2D eigenvalue weighted by Crippen LogP contribution is -2.43. The molecule has 0 aliphatic carbocycles. The van der Waals surface area contributed by atoms with E-state index < -0.39 is 12.1 Å². The van der Waals surface area contributed by atoms with E-state index in [0.717, 1.165) is 12.8 Å². The zero-order valence-corrected chi connectivity index (χ0v) is 13.4. The van der Waals surface area contributed by atoms with Gasteiger partial charge in [0.25, 0.3) is 0 Å². The number of hydrogen-bond acceptors (Lipinski definition) is 3. The molecule has 24 heavy (non-hydrogen) atoms. The molecular formula is C17H23FN2O4. The van der Waals surface area contributed by atoms with Gasteiger partial charge < -0.3 is 20.4 Å². The van der Waals surface area contributed by atoms with Gasteiger partial charge >= 0.3 is 12.0 Å². The number of benzene rings is 1. The molecule has 0 aromatic heterocycles. The molecule has 7 heteroatoms. The molecule has 1 aromatic rings. The lowest BCUT2D eigenvalue weighted by Gasteiger charge is -2.27. The summed E-state index contributed by atoms with van der Waals surface area (Å²) in [5, 5.41) is 21.6. The summed E-state index contributed by atoms with van der Waals surface area (Å²) in [5.74, 6) is -1.24. The van der Waals surface area contributed by atoms with Gasteiger partial charge in [0.15, 0.2) is 0 Å². The number of aliphatic hydroxyl groups excluding tert-OH is 1. The maximum atomic E-state index is 12.9. The Morgan fingerprint density at radius 2 is 2.04 bits per heavy atom. The van der Waals surface area contributed by atoms with Crippen molar-refractivity contribution in [2.75, 3.05) is 13.1 Å². The van der Waals surface area contributed by atoms with Crippen LogP contribution in [-0.2, 0) is 4.79 Å². The van der Waals surface area contributed by atoms with Crippen molar-refractivity contribution in [1.29, 1.82) is 0 Å². The summed E-state index contributed by atoms with van der Waals surface area (Å²) in [7, 11) is 0. The van der Waals surface area contributed by atoms with Crippen LogP contribution in [0.5, 0.6) is 0 Å². The normalized spacial score (nSPS) is 18.4. The maximum Gasteiger partial charge on any atom is 0.317 e. The molecule has 0 spiro atoms. The molecule has 2 atom stereocenters. The highest BCUT2D eigenvalue weighted by molar-refractivity contribution is 5.75. The summed E-state index contributed by atoms with van der Waals surface area (Å²) in [6.45, 7) is 0.931. The van der Waals surface area contributed by atoms with Gasteiger partial charge in [-0.2, -0.15) is 0 Å². The summed E-state index contributed by atoms with van der Waals surface area (Å²) in [4.78, 5) is 24.3. The number of hydrogen-bond donors (Lipinski definition) is 3. The zero-order chi connectivity index (χ0) is 17.5.